The van der Waals surface area contributed by atoms with Crippen LogP contribution in [0.15, 0.2) is 11.6 Å². The van der Waals surface area contributed by atoms with E-state index in [0.29, 0.717) is 23.5 Å². The highest BCUT2D eigenvalue weighted by molar-refractivity contribution is 5.87. The molecule has 3 nitrogen and oxygen atoms in total. The molecule has 0 aromatic heterocycles. The fourth-order valence-corrected chi connectivity index (χ4v) is 6.60. The molecule has 4 aliphatic carbocycles. The number of ether oxygens (including phenoxy) is 1. The van der Waals surface area contributed by atoms with Crippen molar-refractivity contribution in [2.75, 3.05) is 7.11 Å². The molecule has 1 N–H and O–H groups in total. The monoisotopic (exact) mass is 318 g/mol. The Morgan fingerprint density at radius 1 is 1.13 bits per heavy atom. The summed E-state index contributed by atoms with van der Waals surface area (Å²) in [5.41, 5.74) is 1.50. The van der Waals surface area contributed by atoms with Gasteiger partial charge in [0.2, 0.25) is 0 Å². The fourth-order valence-electron chi connectivity index (χ4n) is 6.60. The smallest absolute Gasteiger partial charge is 0.139 e. The third-order valence-electron chi connectivity index (χ3n) is 8.06. The lowest BCUT2D eigenvalue weighted by Crippen LogP contribution is -2.55. The number of carbonyl (C=O) groups is 1. The normalized spacial score (nSPS) is 52.4. The zero-order valence-electron chi connectivity index (χ0n) is 14.7. The predicted octanol–water partition coefficient (Wildman–Crippen LogP) is 3.50. The largest absolute Gasteiger partial charge is 0.393 e. The number of rotatable bonds is 1. The van der Waals surface area contributed by atoms with Crippen molar-refractivity contribution in [2.45, 2.75) is 71.0 Å². The number of fused-ring (bicyclic) bond motifs is 5. The topological polar surface area (TPSA) is 46.5 Å². The van der Waals surface area contributed by atoms with Gasteiger partial charge in [-0.05, 0) is 61.7 Å². The molecule has 0 spiro atoms. The predicted molar refractivity (Wildman–Crippen MR) is 88.9 cm³/mol. The van der Waals surface area contributed by atoms with E-state index in [1.165, 1.54) is 5.57 Å². The van der Waals surface area contributed by atoms with Crippen molar-refractivity contribution in [2.24, 2.45) is 28.6 Å². The van der Waals surface area contributed by atoms with Crippen LogP contribution in [0.4, 0.5) is 0 Å². The van der Waals surface area contributed by atoms with E-state index in [4.69, 9.17) is 4.74 Å². The number of aliphatic hydroxyl groups is 1. The van der Waals surface area contributed by atoms with Crippen molar-refractivity contribution < 1.29 is 14.6 Å². The Morgan fingerprint density at radius 2 is 1.83 bits per heavy atom. The van der Waals surface area contributed by atoms with Crippen LogP contribution in [0.1, 0.15) is 58.8 Å². The third-order valence-corrected chi connectivity index (χ3v) is 8.06. The molecule has 0 radical (unpaired) electrons. The van der Waals surface area contributed by atoms with Crippen LogP contribution in [-0.4, -0.2) is 30.2 Å². The Balaban J connectivity index is 1.76. The lowest BCUT2D eigenvalue weighted by Gasteiger charge is -2.58. The molecule has 0 aromatic carbocycles. The summed E-state index contributed by atoms with van der Waals surface area (Å²) in [6, 6.07) is 0. The molecule has 0 bridgehead atoms. The molecule has 3 saturated carbocycles. The Kier molecular flexibility index (Phi) is 3.55. The number of Topliss-reactive ketones (excluding diaryl/α,β-unsaturated/α-hetero) is 1. The molecule has 2 unspecified atom stereocenters. The van der Waals surface area contributed by atoms with Gasteiger partial charge in [-0.2, -0.15) is 0 Å². The first-order valence-electron chi connectivity index (χ1n) is 9.35. The highest BCUT2D eigenvalue weighted by Crippen LogP contribution is 2.64. The van der Waals surface area contributed by atoms with E-state index in [0.717, 1.165) is 44.9 Å². The van der Waals surface area contributed by atoms with Gasteiger partial charge in [0.1, 0.15) is 5.78 Å². The quantitative estimate of drug-likeness (QED) is 0.753. The van der Waals surface area contributed by atoms with Gasteiger partial charge in [0.05, 0.1) is 12.2 Å². The van der Waals surface area contributed by atoms with Crippen LogP contribution in [0.25, 0.3) is 0 Å². The van der Waals surface area contributed by atoms with Crippen molar-refractivity contribution in [3.63, 3.8) is 0 Å². The average Bonchev–Trinajstić information content (AvgIpc) is 2.83. The van der Waals surface area contributed by atoms with E-state index in [-0.39, 0.29) is 23.0 Å². The van der Waals surface area contributed by atoms with Gasteiger partial charge in [-0.3, -0.25) is 4.79 Å². The second-order valence-electron chi connectivity index (χ2n) is 8.91. The van der Waals surface area contributed by atoms with E-state index in [2.05, 4.69) is 19.9 Å². The molecule has 128 valence electrons. The summed E-state index contributed by atoms with van der Waals surface area (Å²) in [5.74, 6) is 2.02. The molecule has 4 aliphatic rings. The lowest BCUT2D eigenvalue weighted by atomic mass is 9.47. The Hall–Kier alpha value is -0.670. The molecular weight excluding hydrogens is 288 g/mol. The molecule has 3 fully saturated rings. The van der Waals surface area contributed by atoms with Crippen molar-refractivity contribution in [3.8, 4) is 0 Å². The minimum absolute atomic E-state index is 0.115. The van der Waals surface area contributed by atoms with E-state index in [1.54, 1.807) is 0 Å². The summed E-state index contributed by atoms with van der Waals surface area (Å²) in [6.45, 7) is 4.62. The molecule has 0 heterocycles. The van der Waals surface area contributed by atoms with Crippen molar-refractivity contribution in [3.05, 3.63) is 11.6 Å². The van der Waals surface area contributed by atoms with E-state index >= 15 is 0 Å². The van der Waals surface area contributed by atoms with Crippen LogP contribution >= 0.6 is 0 Å². The first kappa shape index (κ1) is 15.8. The standard InChI is InChI=1S/C20H30O3/c1-19-8-6-13(21)10-12(19)11-16(23-3)18-14-4-5-17(22)20(14,2)9-7-15(18)19/h11,13-16,18,21H,4-10H2,1-3H3/t13?,14-,15+,16?,18-,19-,20-/m0/s1. The molecule has 7 atom stereocenters. The highest BCUT2D eigenvalue weighted by Gasteiger charge is 2.60. The van der Waals surface area contributed by atoms with Gasteiger partial charge in [-0.15, -0.1) is 0 Å². The Morgan fingerprint density at radius 3 is 2.57 bits per heavy atom. The minimum atomic E-state index is -0.190. The molecule has 0 amide bonds. The maximum Gasteiger partial charge on any atom is 0.139 e. The minimum Gasteiger partial charge on any atom is -0.393 e. The summed E-state index contributed by atoms with van der Waals surface area (Å²) < 4.78 is 5.91. The summed E-state index contributed by atoms with van der Waals surface area (Å²) >= 11 is 0. The zero-order chi connectivity index (χ0) is 16.4. The van der Waals surface area contributed by atoms with Crippen LogP contribution in [-0.2, 0) is 9.53 Å². The third kappa shape index (κ3) is 2.05. The number of hydrogen-bond donors (Lipinski definition) is 1. The maximum absolute atomic E-state index is 12.5. The van der Waals surface area contributed by atoms with E-state index in [1.807, 2.05) is 7.11 Å². The molecule has 4 rings (SSSR count). The number of ketones is 1. The maximum atomic E-state index is 12.5. The molecule has 3 heteroatoms. The summed E-state index contributed by atoms with van der Waals surface area (Å²) in [5, 5.41) is 10.1. The fraction of sp³-hybridized carbons (Fsp3) is 0.850. The van der Waals surface area contributed by atoms with Gasteiger partial charge < -0.3 is 9.84 Å². The SMILES string of the molecule is COC1C=C2CC(O)CC[C@]2(C)[C@@H]2CC[C@]3(C)C(=O)CC[C@H]3[C@H]12. The zero-order valence-corrected chi connectivity index (χ0v) is 14.7. The van der Waals surface area contributed by atoms with Gasteiger partial charge in [0, 0.05) is 18.9 Å². The van der Waals surface area contributed by atoms with Crippen molar-refractivity contribution in [1.82, 2.24) is 0 Å². The van der Waals surface area contributed by atoms with Crippen LogP contribution in [0.2, 0.25) is 0 Å². The average molecular weight is 318 g/mol. The number of hydrogen-bond acceptors (Lipinski definition) is 3. The number of carbonyl (C=O) groups excluding carboxylic acids is 1. The molecule has 0 aliphatic heterocycles. The van der Waals surface area contributed by atoms with Gasteiger partial charge in [0.25, 0.3) is 0 Å². The second-order valence-corrected chi connectivity index (χ2v) is 8.91. The summed E-state index contributed by atoms with van der Waals surface area (Å²) in [4.78, 5) is 12.5. The van der Waals surface area contributed by atoms with Crippen LogP contribution < -0.4 is 0 Å². The van der Waals surface area contributed by atoms with Gasteiger partial charge in [-0.1, -0.05) is 25.5 Å². The first-order chi connectivity index (χ1) is 10.9. The van der Waals surface area contributed by atoms with Crippen LogP contribution in [0.5, 0.6) is 0 Å². The van der Waals surface area contributed by atoms with Crippen LogP contribution in [0.3, 0.4) is 0 Å². The van der Waals surface area contributed by atoms with Crippen molar-refractivity contribution in [1.29, 1.82) is 0 Å². The highest BCUT2D eigenvalue weighted by atomic mass is 16.5. The van der Waals surface area contributed by atoms with E-state index < -0.39 is 0 Å². The van der Waals surface area contributed by atoms with Gasteiger partial charge in [-0.25, -0.2) is 0 Å². The first-order valence-corrected chi connectivity index (χ1v) is 9.35. The van der Waals surface area contributed by atoms with Crippen LogP contribution in [0, 0.1) is 28.6 Å². The lowest BCUT2D eigenvalue weighted by molar-refractivity contribution is -0.137. The molecule has 0 aromatic rings. The van der Waals surface area contributed by atoms with E-state index in [9.17, 15) is 9.90 Å². The molecule has 23 heavy (non-hydrogen) atoms. The Labute approximate surface area is 139 Å². The summed E-state index contributed by atoms with van der Waals surface area (Å²) in [7, 11) is 1.81. The summed E-state index contributed by atoms with van der Waals surface area (Å²) in [6.07, 6.45) is 9.01. The molecule has 0 saturated heterocycles. The Bertz CT molecular complexity index is 553. The second kappa shape index (κ2) is 5.16. The van der Waals surface area contributed by atoms with Crippen molar-refractivity contribution >= 4 is 5.78 Å². The number of aliphatic hydroxyl groups excluding tert-OH is 1. The van der Waals surface area contributed by atoms with Gasteiger partial charge >= 0.3 is 0 Å². The molecular formula is C20H30O3. The van der Waals surface area contributed by atoms with Gasteiger partial charge in [0.15, 0.2) is 0 Å². The number of methoxy groups -OCH3 is 1.